The van der Waals surface area contributed by atoms with Crippen molar-refractivity contribution in [3.8, 4) is 11.5 Å². The van der Waals surface area contributed by atoms with Crippen LogP contribution in [-0.4, -0.2) is 45.0 Å². The van der Waals surface area contributed by atoms with Crippen LogP contribution in [0.3, 0.4) is 0 Å². The standard InChI is InChI=1S/C21H27N5O4/c27-20(22-16-5-6-17-18(12-16)30-14-29-17)15-7-10-24(11-8-15)13-26-21(28)25-9-3-1-2-4-19(25)23-26/h5-6,12,15H,1-4,7-11,13-14H2,(H,22,27). The minimum Gasteiger partial charge on any atom is -0.454 e. The lowest BCUT2D eigenvalue weighted by atomic mass is 9.96. The molecule has 1 N–H and O–H groups in total. The minimum atomic E-state index is -0.0397. The van der Waals surface area contributed by atoms with Crippen LogP contribution in [0.2, 0.25) is 0 Å². The number of nitrogens with one attached hydrogen (secondary N) is 1. The molecule has 1 amide bonds. The van der Waals surface area contributed by atoms with Crippen molar-refractivity contribution in [2.24, 2.45) is 5.92 Å². The van der Waals surface area contributed by atoms with Gasteiger partial charge in [-0.3, -0.25) is 14.3 Å². The number of piperidine rings is 1. The van der Waals surface area contributed by atoms with E-state index in [-0.39, 0.29) is 24.3 Å². The van der Waals surface area contributed by atoms with Crippen LogP contribution in [0.5, 0.6) is 11.5 Å². The van der Waals surface area contributed by atoms with Gasteiger partial charge in [0, 0.05) is 43.7 Å². The first kappa shape index (κ1) is 19.2. The van der Waals surface area contributed by atoms with Crippen LogP contribution in [0.25, 0.3) is 0 Å². The fraction of sp³-hybridized carbons (Fsp3) is 0.571. The molecule has 4 heterocycles. The van der Waals surface area contributed by atoms with Crippen molar-refractivity contribution in [1.29, 1.82) is 0 Å². The average molecular weight is 413 g/mol. The third-order valence-electron chi connectivity index (χ3n) is 6.21. The van der Waals surface area contributed by atoms with Crippen molar-refractivity contribution < 1.29 is 14.3 Å². The molecule has 3 aliphatic heterocycles. The molecule has 0 aliphatic carbocycles. The van der Waals surface area contributed by atoms with Crippen LogP contribution in [0.15, 0.2) is 23.0 Å². The number of ether oxygens (including phenoxy) is 2. The summed E-state index contributed by atoms with van der Waals surface area (Å²) in [6, 6.07) is 5.44. The molecule has 9 heteroatoms. The van der Waals surface area contributed by atoms with Crippen LogP contribution in [-0.2, 0) is 24.4 Å². The number of likely N-dealkylation sites (tertiary alicyclic amines) is 1. The van der Waals surface area contributed by atoms with Gasteiger partial charge in [-0.1, -0.05) is 6.42 Å². The summed E-state index contributed by atoms with van der Waals surface area (Å²) in [5.41, 5.74) is 0.715. The molecule has 0 saturated carbocycles. The first-order valence-corrected chi connectivity index (χ1v) is 10.8. The first-order valence-electron chi connectivity index (χ1n) is 10.8. The zero-order valence-corrected chi connectivity index (χ0v) is 17.0. The third kappa shape index (κ3) is 3.81. The van der Waals surface area contributed by atoms with E-state index in [4.69, 9.17) is 9.47 Å². The molecule has 1 aromatic carbocycles. The van der Waals surface area contributed by atoms with Gasteiger partial charge in [-0.2, -0.15) is 9.78 Å². The van der Waals surface area contributed by atoms with Crippen molar-refractivity contribution in [3.63, 3.8) is 0 Å². The van der Waals surface area contributed by atoms with Gasteiger partial charge < -0.3 is 14.8 Å². The molecule has 9 nitrogen and oxygen atoms in total. The number of carbonyl (C=O) groups is 1. The molecule has 1 fully saturated rings. The highest BCUT2D eigenvalue weighted by molar-refractivity contribution is 5.93. The molecule has 0 bridgehead atoms. The smallest absolute Gasteiger partial charge is 0.347 e. The summed E-state index contributed by atoms with van der Waals surface area (Å²) in [5.74, 6) is 2.26. The highest BCUT2D eigenvalue weighted by Gasteiger charge is 2.26. The van der Waals surface area contributed by atoms with E-state index in [1.807, 2.05) is 16.7 Å². The minimum absolute atomic E-state index is 0.00502. The molecular weight excluding hydrogens is 386 g/mol. The Kier molecular flexibility index (Phi) is 5.20. The Bertz CT molecular complexity index is 990. The Hall–Kier alpha value is -2.81. The second kappa shape index (κ2) is 8.14. The van der Waals surface area contributed by atoms with E-state index in [9.17, 15) is 9.59 Å². The van der Waals surface area contributed by atoms with Crippen LogP contribution >= 0.6 is 0 Å². The lowest BCUT2D eigenvalue weighted by molar-refractivity contribution is -0.121. The second-order valence-electron chi connectivity index (χ2n) is 8.25. The van der Waals surface area contributed by atoms with E-state index in [0.29, 0.717) is 18.2 Å². The SMILES string of the molecule is O=C(Nc1ccc2c(c1)OCO2)C1CCN(Cn2nc3n(c2=O)CCCCC3)CC1. The molecule has 0 radical (unpaired) electrons. The fourth-order valence-electron chi connectivity index (χ4n) is 4.46. The largest absolute Gasteiger partial charge is 0.454 e. The first-order chi connectivity index (χ1) is 14.7. The number of carbonyl (C=O) groups excluding carboxylic acids is 1. The molecule has 30 heavy (non-hydrogen) atoms. The number of aromatic nitrogens is 3. The Morgan fingerprint density at radius 1 is 1.10 bits per heavy atom. The van der Waals surface area contributed by atoms with Crippen molar-refractivity contribution in [1.82, 2.24) is 19.2 Å². The topological polar surface area (TPSA) is 90.6 Å². The maximum atomic E-state index is 12.7. The number of aryl methyl sites for hydroxylation is 1. The van der Waals surface area contributed by atoms with Crippen LogP contribution in [0, 0.1) is 5.92 Å². The van der Waals surface area contributed by atoms with Gasteiger partial charge >= 0.3 is 5.69 Å². The average Bonchev–Trinajstić information content (AvgIpc) is 3.24. The highest BCUT2D eigenvalue weighted by Crippen LogP contribution is 2.34. The lowest BCUT2D eigenvalue weighted by Gasteiger charge is -2.30. The number of benzene rings is 1. The van der Waals surface area contributed by atoms with Gasteiger partial charge in [0.25, 0.3) is 0 Å². The Balaban J connectivity index is 1.16. The number of amides is 1. The van der Waals surface area contributed by atoms with Crippen molar-refractivity contribution in [3.05, 3.63) is 34.5 Å². The maximum absolute atomic E-state index is 12.7. The maximum Gasteiger partial charge on any atom is 0.347 e. The monoisotopic (exact) mass is 413 g/mol. The van der Waals surface area contributed by atoms with E-state index in [1.54, 1.807) is 10.7 Å². The number of hydrogen-bond donors (Lipinski definition) is 1. The quantitative estimate of drug-likeness (QED) is 0.822. The predicted octanol–water partition coefficient (Wildman–Crippen LogP) is 1.81. The Morgan fingerprint density at radius 3 is 2.80 bits per heavy atom. The molecule has 0 unspecified atom stereocenters. The zero-order valence-electron chi connectivity index (χ0n) is 17.0. The Morgan fingerprint density at radius 2 is 1.93 bits per heavy atom. The second-order valence-corrected chi connectivity index (χ2v) is 8.25. The van der Waals surface area contributed by atoms with Crippen LogP contribution in [0.1, 0.15) is 37.9 Å². The zero-order chi connectivity index (χ0) is 20.5. The summed E-state index contributed by atoms with van der Waals surface area (Å²) < 4.78 is 14.1. The summed E-state index contributed by atoms with van der Waals surface area (Å²) >= 11 is 0. The summed E-state index contributed by atoms with van der Waals surface area (Å²) in [4.78, 5) is 27.5. The third-order valence-corrected chi connectivity index (χ3v) is 6.21. The molecule has 2 aromatic rings. The van der Waals surface area contributed by atoms with E-state index in [0.717, 1.165) is 69.7 Å². The van der Waals surface area contributed by atoms with Gasteiger partial charge in [-0.25, -0.2) is 4.79 Å². The van der Waals surface area contributed by atoms with Crippen LogP contribution in [0.4, 0.5) is 5.69 Å². The molecule has 5 rings (SSSR count). The molecular formula is C21H27N5O4. The van der Waals surface area contributed by atoms with Crippen molar-refractivity contribution in [2.75, 3.05) is 25.2 Å². The molecule has 160 valence electrons. The molecule has 0 atom stereocenters. The van der Waals surface area contributed by atoms with Gasteiger partial charge in [0.1, 0.15) is 5.82 Å². The van der Waals surface area contributed by atoms with E-state index in [2.05, 4.69) is 15.3 Å². The van der Waals surface area contributed by atoms with E-state index >= 15 is 0 Å². The van der Waals surface area contributed by atoms with Crippen LogP contribution < -0.4 is 20.5 Å². The summed E-state index contributed by atoms with van der Waals surface area (Å²) in [5, 5.41) is 7.56. The number of fused-ring (bicyclic) bond motifs is 2. The van der Waals surface area contributed by atoms with E-state index < -0.39 is 0 Å². The molecule has 3 aliphatic rings. The lowest BCUT2D eigenvalue weighted by Crippen LogP contribution is -2.41. The summed E-state index contributed by atoms with van der Waals surface area (Å²) in [6.45, 7) is 3.03. The highest BCUT2D eigenvalue weighted by atomic mass is 16.7. The van der Waals surface area contributed by atoms with Gasteiger partial charge in [0.2, 0.25) is 12.7 Å². The fourth-order valence-corrected chi connectivity index (χ4v) is 4.46. The van der Waals surface area contributed by atoms with Crippen molar-refractivity contribution >= 4 is 11.6 Å². The normalized spacial score (nSPS) is 19.3. The van der Waals surface area contributed by atoms with Crippen molar-refractivity contribution in [2.45, 2.75) is 51.7 Å². The van der Waals surface area contributed by atoms with Gasteiger partial charge in [-0.05, 0) is 37.8 Å². The molecule has 1 saturated heterocycles. The van der Waals surface area contributed by atoms with Gasteiger partial charge in [0.15, 0.2) is 11.5 Å². The molecule has 1 aromatic heterocycles. The summed E-state index contributed by atoms with van der Waals surface area (Å²) in [7, 11) is 0. The number of rotatable bonds is 4. The Labute approximate surface area is 174 Å². The predicted molar refractivity (Wildman–Crippen MR) is 110 cm³/mol. The number of hydrogen-bond acceptors (Lipinski definition) is 6. The van der Waals surface area contributed by atoms with E-state index in [1.165, 1.54) is 0 Å². The van der Waals surface area contributed by atoms with Gasteiger partial charge in [0.05, 0.1) is 6.67 Å². The molecule has 0 spiro atoms. The van der Waals surface area contributed by atoms with Gasteiger partial charge in [-0.15, -0.1) is 0 Å². The summed E-state index contributed by atoms with van der Waals surface area (Å²) in [6.07, 6.45) is 5.70. The number of anilines is 1. The number of nitrogens with zero attached hydrogens (tertiary/aromatic N) is 4.